The van der Waals surface area contributed by atoms with E-state index in [1.165, 1.54) is 23.1 Å². The van der Waals surface area contributed by atoms with Crippen molar-refractivity contribution in [3.8, 4) is 0 Å². The van der Waals surface area contributed by atoms with Gasteiger partial charge in [-0.1, -0.05) is 35.9 Å². The van der Waals surface area contributed by atoms with Gasteiger partial charge >= 0.3 is 18.4 Å². The van der Waals surface area contributed by atoms with Gasteiger partial charge in [-0.25, -0.2) is 4.79 Å². The van der Waals surface area contributed by atoms with Gasteiger partial charge in [0.2, 0.25) is 0 Å². The minimum Gasteiger partial charge on any atom is -0.369 e. The van der Waals surface area contributed by atoms with Crippen molar-refractivity contribution < 1.29 is 36.2 Å². The van der Waals surface area contributed by atoms with Gasteiger partial charge in [-0.15, -0.1) is 0 Å². The van der Waals surface area contributed by atoms with Crippen molar-refractivity contribution >= 4 is 34.7 Å². The van der Waals surface area contributed by atoms with Crippen LogP contribution < -0.4 is 9.91 Å². The molecule has 0 saturated carbocycles. The molecule has 2 amide bonds. The highest BCUT2D eigenvalue weighted by Crippen LogP contribution is 2.49. The molecule has 1 unspecified atom stereocenters. The molecule has 212 valence electrons. The number of piperazine rings is 1. The standard InChI is InChI=1S/C25H26ClF6N5O2/c1-34(2)22(38)36-13-11-35(12-14-36)17-9-7-16(8-10-17)20-15-21(23(39,24(27,28)29)25(30,31)32)33-37(20)19-6-4-3-5-18(19)26/h3-10,20,39H,11-15H2,1-2H3. The Morgan fingerprint density at radius 2 is 1.51 bits per heavy atom. The maximum absolute atomic E-state index is 13.6. The molecule has 39 heavy (non-hydrogen) atoms. The lowest BCUT2D eigenvalue weighted by atomic mass is 9.90. The summed E-state index contributed by atoms with van der Waals surface area (Å²) in [6.45, 7) is 2.08. The lowest BCUT2D eigenvalue weighted by Crippen LogP contribution is -2.62. The average Bonchev–Trinajstić information content (AvgIpc) is 3.32. The molecule has 0 radical (unpaired) electrons. The van der Waals surface area contributed by atoms with E-state index < -0.39 is 36.1 Å². The van der Waals surface area contributed by atoms with Crippen molar-refractivity contribution in [2.75, 3.05) is 50.2 Å². The van der Waals surface area contributed by atoms with E-state index in [1.807, 2.05) is 4.90 Å². The summed E-state index contributed by atoms with van der Waals surface area (Å²) in [6.07, 6.45) is -12.9. The number of carbonyl (C=O) groups is 1. The zero-order chi connectivity index (χ0) is 28.8. The van der Waals surface area contributed by atoms with Crippen LogP contribution in [0.5, 0.6) is 0 Å². The molecule has 2 aromatic carbocycles. The predicted octanol–water partition coefficient (Wildman–Crippen LogP) is 5.31. The van der Waals surface area contributed by atoms with Crippen molar-refractivity contribution in [3.05, 3.63) is 59.1 Å². The maximum Gasteiger partial charge on any atom is 0.431 e. The van der Waals surface area contributed by atoms with Crippen molar-refractivity contribution in [3.63, 3.8) is 0 Å². The number of anilines is 2. The first-order valence-corrected chi connectivity index (χ1v) is 12.3. The SMILES string of the molecule is CN(C)C(=O)N1CCN(c2ccc(C3CC(C(O)(C(F)(F)F)C(F)(F)F)=NN3c3ccccc3Cl)cc2)CC1. The zero-order valence-electron chi connectivity index (χ0n) is 21.0. The molecule has 1 N–H and O–H groups in total. The number of halogens is 7. The monoisotopic (exact) mass is 577 g/mol. The molecule has 1 atom stereocenters. The van der Waals surface area contributed by atoms with Crippen molar-refractivity contribution in [1.82, 2.24) is 9.80 Å². The van der Waals surface area contributed by atoms with Gasteiger partial charge in [-0.05, 0) is 29.8 Å². The summed E-state index contributed by atoms with van der Waals surface area (Å²) in [6, 6.07) is 11.4. The van der Waals surface area contributed by atoms with Gasteiger partial charge in [0.15, 0.2) is 0 Å². The fourth-order valence-corrected chi connectivity index (χ4v) is 4.90. The molecule has 2 heterocycles. The second-order valence-corrected chi connectivity index (χ2v) is 9.92. The highest BCUT2D eigenvalue weighted by atomic mass is 35.5. The van der Waals surface area contributed by atoms with Crippen LogP contribution in [0.15, 0.2) is 53.6 Å². The van der Waals surface area contributed by atoms with Crippen LogP contribution in [0, 0.1) is 0 Å². The number of carbonyl (C=O) groups excluding carboxylic acids is 1. The molecule has 0 aromatic heterocycles. The first-order chi connectivity index (χ1) is 18.1. The largest absolute Gasteiger partial charge is 0.431 e. The van der Waals surface area contributed by atoms with E-state index in [4.69, 9.17) is 11.6 Å². The van der Waals surface area contributed by atoms with Crippen molar-refractivity contribution in [2.45, 2.75) is 30.4 Å². The first-order valence-electron chi connectivity index (χ1n) is 11.9. The fraction of sp³-hybridized carbons (Fsp3) is 0.440. The fourth-order valence-electron chi connectivity index (χ4n) is 4.68. The van der Waals surface area contributed by atoms with E-state index in [9.17, 15) is 36.2 Å². The molecule has 1 saturated heterocycles. The number of benzene rings is 2. The Morgan fingerprint density at radius 3 is 2.03 bits per heavy atom. The second-order valence-electron chi connectivity index (χ2n) is 9.51. The summed E-state index contributed by atoms with van der Waals surface area (Å²) < 4.78 is 81.9. The number of urea groups is 1. The quantitative estimate of drug-likeness (QED) is 0.501. The van der Waals surface area contributed by atoms with Gasteiger partial charge in [0.05, 0.1) is 22.5 Å². The summed E-state index contributed by atoms with van der Waals surface area (Å²) in [5.41, 5.74) is -5.35. The number of hydrogen-bond acceptors (Lipinski definition) is 5. The molecular weight excluding hydrogens is 552 g/mol. The van der Waals surface area contributed by atoms with E-state index in [-0.39, 0.29) is 16.7 Å². The molecule has 14 heteroatoms. The van der Waals surface area contributed by atoms with E-state index in [1.54, 1.807) is 49.3 Å². The predicted molar refractivity (Wildman–Crippen MR) is 135 cm³/mol. The van der Waals surface area contributed by atoms with E-state index in [0.29, 0.717) is 31.7 Å². The number of nitrogens with zero attached hydrogens (tertiary/aromatic N) is 5. The molecule has 1 fully saturated rings. The van der Waals surface area contributed by atoms with Crippen molar-refractivity contribution in [2.24, 2.45) is 5.10 Å². The Kier molecular flexibility index (Phi) is 7.69. The molecular formula is C25H26ClF6N5O2. The van der Waals surface area contributed by atoms with Gasteiger partial charge in [0, 0.05) is 52.4 Å². The third-order valence-corrected chi connectivity index (χ3v) is 7.14. The Bertz CT molecular complexity index is 1210. The third-order valence-electron chi connectivity index (χ3n) is 6.82. The highest BCUT2D eigenvalue weighted by molar-refractivity contribution is 6.33. The number of hydrazone groups is 1. The van der Waals surface area contributed by atoms with Gasteiger partial charge < -0.3 is 19.8 Å². The number of alkyl halides is 6. The Balaban J connectivity index is 1.63. The minimum absolute atomic E-state index is 0.0665. The Morgan fingerprint density at radius 1 is 0.949 bits per heavy atom. The summed E-state index contributed by atoms with van der Waals surface area (Å²) in [5.74, 6) is 0. The van der Waals surface area contributed by atoms with Crippen LogP contribution >= 0.6 is 11.6 Å². The van der Waals surface area contributed by atoms with Crippen LogP contribution in [0.2, 0.25) is 5.02 Å². The van der Waals surface area contributed by atoms with Crippen LogP contribution in [0.1, 0.15) is 18.0 Å². The molecule has 0 spiro atoms. The Hall–Kier alpha value is -3.19. The summed E-state index contributed by atoms with van der Waals surface area (Å²) in [4.78, 5) is 17.4. The topological polar surface area (TPSA) is 62.6 Å². The van der Waals surface area contributed by atoms with Crippen LogP contribution in [-0.4, -0.2) is 84.9 Å². The highest BCUT2D eigenvalue weighted by Gasteiger charge is 2.74. The van der Waals surface area contributed by atoms with Gasteiger partial charge in [0.25, 0.3) is 5.60 Å². The maximum atomic E-state index is 13.6. The summed E-state index contributed by atoms with van der Waals surface area (Å²) in [7, 11) is 3.34. The Labute approximate surface area is 225 Å². The smallest absolute Gasteiger partial charge is 0.369 e. The molecule has 0 bridgehead atoms. The number of amides is 2. The van der Waals surface area contributed by atoms with Crippen LogP contribution in [0.3, 0.4) is 0 Å². The summed E-state index contributed by atoms with van der Waals surface area (Å²) in [5, 5.41) is 14.7. The number of hydrogen-bond donors (Lipinski definition) is 1. The lowest BCUT2D eigenvalue weighted by Gasteiger charge is -2.37. The lowest BCUT2D eigenvalue weighted by molar-refractivity contribution is -0.338. The first kappa shape index (κ1) is 28.8. The minimum atomic E-state index is -6.05. The zero-order valence-corrected chi connectivity index (χ0v) is 21.7. The van der Waals surface area contributed by atoms with E-state index >= 15 is 0 Å². The molecule has 2 aromatic rings. The van der Waals surface area contributed by atoms with Crippen LogP contribution in [0.25, 0.3) is 0 Å². The number of rotatable bonds is 4. The van der Waals surface area contributed by atoms with Crippen molar-refractivity contribution in [1.29, 1.82) is 0 Å². The third kappa shape index (κ3) is 5.33. The summed E-state index contributed by atoms with van der Waals surface area (Å²) >= 11 is 6.22. The normalized spacial score (nSPS) is 18.9. The van der Waals surface area contributed by atoms with Gasteiger partial charge in [-0.2, -0.15) is 31.4 Å². The average molecular weight is 578 g/mol. The van der Waals surface area contributed by atoms with Crippen LogP contribution in [0.4, 0.5) is 42.5 Å². The second kappa shape index (κ2) is 10.4. The number of para-hydroxylation sites is 1. The van der Waals surface area contributed by atoms with Gasteiger partial charge in [-0.3, -0.25) is 5.01 Å². The molecule has 2 aliphatic heterocycles. The molecule has 7 nitrogen and oxygen atoms in total. The van der Waals surface area contributed by atoms with Crippen LogP contribution in [-0.2, 0) is 0 Å². The van der Waals surface area contributed by atoms with E-state index in [0.717, 1.165) is 10.7 Å². The molecule has 4 rings (SSSR count). The molecule has 0 aliphatic carbocycles. The van der Waals surface area contributed by atoms with Gasteiger partial charge in [0.1, 0.15) is 0 Å². The molecule has 2 aliphatic rings. The van der Waals surface area contributed by atoms with E-state index in [2.05, 4.69) is 5.10 Å². The number of aliphatic hydroxyl groups is 1.